The molecule has 2 aromatic carbocycles. The van der Waals surface area contributed by atoms with E-state index >= 15 is 0 Å². The first-order valence-corrected chi connectivity index (χ1v) is 9.77. The molecule has 0 atom stereocenters. The molecule has 0 saturated heterocycles. The number of para-hydroxylation sites is 1. The number of hydrogen-bond donors (Lipinski definition) is 1. The normalized spacial score (nSPS) is 10.5. The SMILES string of the molecule is CCCOc1c(Br)cc(C(=O)Nc2c(CC)cccc2CC)cc1OC. The second-order valence-electron chi connectivity index (χ2n) is 5.95. The number of hydrogen-bond acceptors (Lipinski definition) is 3. The topological polar surface area (TPSA) is 47.6 Å². The Morgan fingerprint density at radius 1 is 1.12 bits per heavy atom. The maximum Gasteiger partial charge on any atom is 0.255 e. The molecule has 2 rings (SSSR count). The van der Waals surface area contributed by atoms with Gasteiger partial charge in [-0.15, -0.1) is 0 Å². The van der Waals surface area contributed by atoms with E-state index in [1.165, 1.54) is 0 Å². The van der Waals surface area contributed by atoms with Crippen molar-refractivity contribution in [3.8, 4) is 11.5 Å². The van der Waals surface area contributed by atoms with Gasteiger partial charge in [0.05, 0.1) is 18.2 Å². The van der Waals surface area contributed by atoms with Crippen molar-refractivity contribution in [1.82, 2.24) is 0 Å². The third-order valence-corrected chi connectivity index (χ3v) is 4.77. The molecule has 1 N–H and O–H groups in total. The molecule has 5 heteroatoms. The second-order valence-corrected chi connectivity index (χ2v) is 6.80. The van der Waals surface area contributed by atoms with Crippen LogP contribution in [0.25, 0.3) is 0 Å². The van der Waals surface area contributed by atoms with Gasteiger partial charge in [-0.25, -0.2) is 0 Å². The number of nitrogens with one attached hydrogen (secondary N) is 1. The van der Waals surface area contributed by atoms with Crippen molar-refractivity contribution in [3.05, 3.63) is 51.5 Å². The average molecular weight is 420 g/mol. The fourth-order valence-electron chi connectivity index (χ4n) is 2.78. The van der Waals surface area contributed by atoms with E-state index in [0.29, 0.717) is 28.1 Å². The molecule has 2 aromatic rings. The van der Waals surface area contributed by atoms with E-state index in [-0.39, 0.29) is 5.91 Å². The lowest BCUT2D eigenvalue weighted by Gasteiger charge is -2.16. The Labute approximate surface area is 164 Å². The molecule has 26 heavy (non-hydrogen) atoms. The van der Waals surface area contributed by atoms with E-state index in [2.05, 4.69) is 35.1 Å². The minimum atomic E-state index is -0.165. The molecule has 0 radical (unpaired) electrons. The van der Waals surface area contributed by atoms with E-state index in [1.807, 2.05) is 25.1 Å². The Balaban J connectivity index is 2.35. The smallest absolute Gasteiger partial charge is 0.255 e. The quantitative estimate of drug-likeness (QED) is 0.603. The van der Waals surface area contributed by atoms with Gasteiger partial charge in [-0.2, -0.15) is 0 Å². The van der Waals surface area contributed by atoms with Crippen LogP contribution in [0.4, 0.5) is 5.69 Å². The summed E-state index contributed by atoms with van der Waals surface area (Å²) in [4.78, 5) is 12.9. The molecule has 0 saturated carbocycles. The summed E-state index contributed by atoms with van der Waals surface area (Å²) in [6, 6.07) is 9.61. The number of carbonyl (C=O) groups is 1. The molecule has 4 nitrogen and oxygen atoms in total. The molecular weight excluding hydrogens is 394 g/mol. The minimum absolute atomic E-state index is 0.165. The van der Waals surface area contributed by atoms with E-state index < -0.39 is 0 Å². The first-order chi connectivity index (χ1) is 12.5. The predicted molar refractivity (Wildman–Crippen MR) is 110 cm³/mol. The summed E-state index contributed by atoms with van der Waals surface area (Å²) in [5.41, 5.74) is 3.69. The fourth-order valence-corrected chi connectivity index (χ4v) is 3.34. The summed E-state index contributed by atoms with van der Waals surface area (Å²) in [7, 11) is 1.57. The fraction of sp³-hybridized carbons (Fsp3) is 0.381. The molecule has 0 fully saturated rings. The van der Waals surface area contributed by atoms with Crippen LogP contribution in [0, 0.1) is 0 Å². The van der Waals surface area contributed by atoms with E-state index in [0.717, 1.165) is 36.1 Å². The van der Waals surface area contributed by atoms with Crippen LogP contribution in [0.5, 0.6) is 11.5 Å². The number of ether oxygens (including phenoxy) is 2. The first kappa shape index (κ1) is 20.3. The summed E-state index contributed by atoms with van der Waals surface area (Å²) in [5.74, 6) is 0.994. The second kappa shape index (κ2) is 9.62. The number of methoxy groups -OCH3 is 1. The maximum absolute atomic E-state index is 12.9. The van der Waals surface area contributed by atoms with Crippen LogP contribution >= 0.6 is 15.9 Å². The van der Waals surface area contributed by atoms with Crippen molar-refractivity contribution in [1.29, 1.82) is 0 Å². The number of rotatable bonds is 8. The number of anilines is 1. The highest BCUT2D eigenvalue weighted by Crippen LogP contribution is 2.37. The van der Waals surface area contributed by atoms with Crippen molar-refractivity contribution in [2.45, 2.75) is 40.0 Å². The molecule has 0 aliphatic rings. The molecular formula is C21H26BrNO3. The van der Waals surface area contributed by atoms with Crippen LogP contribution in [0.2, 0.25) is 0 Å². The Morgan fingerprint density at radius 2 is 1.77 bits per heavy atom. The lowest BCUT2D eigenvalue weighted by molar-refractivity contribution is 0.102. The third-order valence-electron chi connectivity index (χ3n) is 4.18. The molecule has 0 bridgehead atoms. The summed E-state index contributed by atoms with van der Waals surface area (Å²) in [6.07, 6.45) is 2.62. The Bertz CT molecular complexity index is 752. The number of amides is 1. The molecule has 0 aliphatic heterocycles. The van der Waals surface area contributed by atoms with Crippen LogP contribution in [-0.4, -0.2) is 19.6 Å². The first-order valence-electron chi connectivity index (χ1n) is 8.98. The van der Waals surface area contributed by atoms with Gasteiger partial charge in [0.15, 0.2) is 11.5 Å². The number of halogens is 1. The molecule has 0 heterocycles. The lowest BCUT2D eigenvalue weighted by Crippen LogP contribution is -2.15. The van der Waals surface area contributed by atoms with E-state index in [9.17, 15) is 4.79 Å². The minimum Gasteiger partial charge on any atom is -0.493 e. The van der Waals surface area contributed by atoms with Crippen LogP contribution in [0.15, 0.2) is 34.8 Å². The summed E-state index contributed by atoms with van der Waals surface area (Å²) < 4.78 is 11.9. The predicted octanol–water partition coefficient (Wildman–Crippen LogP) is 5.62. The van der Waals surface area contributed by atoms with Gasteiger partial charge in [0.1, 0.15) is 0 Å². The Kier molecular flexibility index (Phi) is 7.51. The van der Waals surface area contributed by atoms with Crippen LogP contribution < -0.4 is 14.8 Å². The highest BCUT2D eigenvalue weighted by atomic mass is 79.9. The molecule has 140 valence electrons. The summed E-state index contributed by atoms with van der Waals surface area (Å²) >= 11 is 3.49. The highest BCUT2D eigenvalue weighted by Gasteiger charge is 2.17. The third kappa shape index (κ3) is 4.58. The Hall–Kier alpha value is -2.01. The van der Waals surface area contributed by atoms with Gasteiger partial charge in [0, 0.05) is 11.3 Å². The van der Waals surface area contributed by atoms with Crippen LogP contribution in [0.3, 0.4) is 0 Å². The van der Waals surface area contributed by atoms with Crippen molar-refractivity contribution >= 4 is 27.5 Å². The zero-order valence-corrected chi connectivity index (χ0v) is 17.4. The zero-order valence-electron chi connectivity index (χ0n) is 15.8. The van der Waals surface area contributed by atoms with Crippen molar-refractivity contribution in [2.75, 3.05) is 19.0 Å². The monoisotopic (exact) mass is 419 g/mol. The van der Waals surface area contributed by atoms with E-state index in [1.54, 1.807) is 19.2 Å². The molecule has 0 aliphatic carbocycles. The molecule has 0 unspecified atom stereocenters. The zero-order chi connectivity index (χ0) is 19.1. The van der Waals surface area contributed by atoms with Crippen molar-refractivity contribution in [3.63, 3.8) is 0 Å². The number of benzene rings is 2. The Morgan fingerprint density at radius 3 is 2.31 bits per heavy atom. The highest BCUT2D eigenvalue weighted by molar-refractivity contribution is 9.10. The molecule has 1 amide bonds. The van der Waals surface area contributed by atoms with Crippen molar-refractivity contribution in [2.24, 2.45) is 0 Å². The molecule has 0 spiro atoms. The van der Waals surface area contributed by atoms with Gasteiger partial charge in [-0.05, 0) is 58.5 Å². The summed E-state index contributed by atoms with van der Waals surface area (Å²) in [5, 5.41) is 3.08. The van der Waals surface area contributed by atoms with Gasteiger partial charge >= 0.3 is 0 Å². The number of aryl methyl sites for hydroxylation is 2. The average Bonchev–Trinajstić information content (AvgIpc) is 2.66. The molecule has 0 aromatic heterocycles. The van der Waals surface area contributed by atoms with Gasteiger partial charge in [-0.3, -0.25) is 4.79 Å². The van der Waals surface area contributed by atoms with E-state index in [4.69, 9.17) is 9.47 Å². The van der Waals surface area contributed by atoms with Crippen LogP contribution in [0.1, 0.15) is 48.7 Å². The maximum atomic E-state index is 12.9. The number of carbonyl (C=O) groups excluding carboxylic acids is 1. The standard InChI is InChI=1S/C21H26BrNO3/c1-5-11-26-20-17(22)12-16(13-18(20)25-4)21(24)23-19-14(6-2)9-8-10-15(19)7-3/h8-10,12-13H,5-7,11H2,1-4H3,(H,23,24). The van der Waals surface area contributed by atoms with Gasteiger partial charge in [0.2, 0.25) is 0 Å². The summed E-state index contributed by atoms with van der Waals surface area (Å²) in [6.45, 7) is 6.80. The van der Waals surface area contributed by atoms with Crippen molar-refractivity contribution < 1.29 is 14.3 Å². The van der Waals surface area contributed by atoms with Gasteiger partial charge in [-0.1, -0.05) is 39.0 Å². The van der Waals surface area contributed by atoms with Gasteiger partial charge < -0.3 is 14.8 Å². The van der Waals surface area contributed by atoms with Crippen LogP contribution in [-0.2, 0) is 12.8 Å². The van der Waals surface area contributed by atoms with Gasteiger partial charge in [0.25, 0.3) is 5.91 Å². The lowest BCUT2D eigenvalue weighted by atomic mass is 10.0. The largest absolute Gasteiger partial charge is 0.493 e.